The Kier molecular flexibility index (Phi) is 9.11. The zero-order valence-electron chi connectivity index (χ0n) is 19.3. The summed E-state index contributed by atoms with van der Waals surface area (Å²) in [6, 6.07) is 19.3. The van der Waals surface area contributed by atoms with Crippen LogP contribution in [0.25, 0.3) is 0 Å². The van der Waals surface area contributed by atoms with Gasteiger partial charge in [0.15, 0.2) is 11.5 Å². The van der Waals surface area contributed by atoms with E-state index in [4.69, 9.17) is 21.1 Å². The molecule has 3 rings (SSSR count). The number of sulfonamides is 1. The van der Waals surface area contributed by atoms with E-state index in [1.807, 2.05) is 13.8 Å². The van der Waals surface area contributed by atoms with Crippen LogP contribution in [0.1, 0.15) is 19.4 Å². The van der Waals surface area contributed by atoms with E-state index in [0.29, 0.717) is 41.0 Å². The van der Waals surface area contributed by atoms with Crippen molar-refractivity contribution in [3.8, 4) is 11.5 Å². The molecule has 0 saturated carbocycles. The van der Waals surface area contributed by atoms with Crippen molar-refractivity contribution in [1.82, 2.24) is 5.43 Å². The Hall–Kier alpha value is -3.56. The van der Waals surface area contributed by atoms with Gasteiger partial charge in [0.05, 0.1) is 30.0 Å². The van der Waals surface area contributed by atoms with Crippen LogP contribution in [0, 0.1) is 0 Å². The molecule has 0 heterocycles. The standard InChI is InChI=1S/C25H26ClN3O5S/c1-3-33-23-15-10-19(16-24(23)34-4-2)17-27-28-25(30)18-29(21-13-11-20(26)12-14-21)35(31,32)22-8-6-5-7-9-22/h5-17H,3-4,18H2,1-2H3,(H,28,30). The number of nitrogens with one attached hydrogen (secondary N) is 1. The molecule has 3 aromatic carbocycles. The maximum absolute atomic E-state index is 13.3. The van der Waals surface area contributed by atoms with Crippen molar-refractivity contribution < 1.29 is 22.7 Å². The van der Waals surface area contributed by atoms with E-state index in [-0.39, 0.29) is 4.90 Å². The normalized spacial score (nSPS) is 11.3. The first-order valence-electron chi connectivity index (χ1n) is 10.9. The zero-order chi connectivity index (χ0) is 25.3. The molecule has 10 heteroatoms. The molecule has 8 nitrogen and oxygen atoms in total. The molecule has 0 unspecified atom stereocenters. The van der Waals surface area contributed by atoms with Crippen molar-refractivity contribution in [2.24, 2.45) is 5.10 Å². The molecule has 1 N–H and O–H groups in total. The Morgan fingerprint density at radius 1 is 0.971 bits per heavy atom. The largest absolute Gasteiger partial charge is 0.490 e. The van der Waals surface area contributed by atoms with Crippen molar-refractivity contribution in [2.75, 3.05) is 24.1 Å². The molecule has 0 spiro atoms. The minimum absolute atomic E-state index is 0.0593. The Morgan fingerprint density at radius 3 is 2.29 bits per heavy atom. The summed E-state index contributed by atoms with van der Waals surface area (Å²) in [5.74, 6) is 0.555. The molecule has 35 heavy (non-hydrogen) atoms. The smallest absolute Gasteiger partial charge is 0.264 e. The summed E-state index contributed by atoms with van der Waals surface area (Å²) in [5.41, 5.74) is 3.35. The van der Waals surface area contributed by atoms with Gasteiger partial charge in [-0.1, -0.05) is 29.8 Å². The number of nitrogens with zero attached hydrogens (tertiary/aromatic N) is 2. The Bertz CT molecular complexity index is 1270. The van der Waals surface area contributed by atoms with Crippen LogP contribution in [0.2, 0.25) is 5.02 Å². The summed E-state index contributed by atoms with van der Waals surface area (Å²) in [6.45, 7) is 4.23. The number of amides is 1. The van der Waals surface area contributed by atoms with Gasteiger partial charge in [0.25, 0.3) is 15.9 Å². The Labute approximate surface area is 210 Å². The second kappa shape index (κ2) is 12.2. The summed E-state index contributed by atoms with van der Waals surface area (Å²) in [4.78, 5) is 12.7. The van der Waals surface area contributed by atoms with Gasteiger partial charge in [0.1, 0.15) is 6.54 Å². The van der Waals surface area contributed by atoms with Gasteiger partial charge >= 0.3 is 0 Å². The van der Waals surface area contributed by atoms with Crippen molar-refractivity contribution in [2.45, 2.75) is 18.7 Å². The molecule has 0 bridgehead atoms. The predicted octanol–water partition coefficient (Wildman–Crippen LogP) is 4.48. The minimum Gasteiger partial charge on any atom is -0.490 e. The monoisotopic (exact) mass is 515 g/mol. The van der Waals surface area contributed by atoms with Crippen LogP contribution in [-0.2, 0) is 14.8 Å². The van der Waals surface area contributed by atoms with Crippen molar-refractivity contribution in [3.05, 3.63) is 83.4 Å². The maximum atomic E-state index is 13.3. The highest BCUT2D eigenvalue weighted by Gasteiger charge is 2.27. The first-order valence-corrected chi connectivity index (χ1v) is 12.7. The molecule has 0 aliphatic heterocycles. The third-order valence-corrected chi connectivity index (χ3v) is 6.74. The summed E-state index contributed by atoms with van der Waals surface area (Å²) in [5, 5.41) is 4.42. The van der Waals surface area contributed by atoms with E-state index < -0.39 is 22.5 Å². The van der Waals surface area contributed by atoms with E-state index in [1.165, 1.54) is 30.5 Å². The first-order chi connectivity index (χ1) is 16.8. The van der Waals surface area contributed by atoms with Gasteiger partial charge in [0, 0.05) is 5.02 Å². The van der Waals surface area contributed by atoms with E-state index in [2.05, 4.69) is 10.5 Å². The van der Waals surface area contributed by atoms with Gasteiger partial charge in [-0.25, -0.2) is 13.8 Å². The number of rotatable bonds is 11. The summed E-state index contributed by atoms with van der Waals surface area (Å²) >= 11 is 5.96. The zero-order valence-corrected chi connectivity index (χ0v) is 20.9. The molecular weight excluding hydrogens is 490 g/mol. The fraction of sp³-hybridized carbons (Fsp3) is 0.200. The number of hydrogen-bond acceptors (Lipinski definition) is 6. The molecule has 0 radical (unpaired) electrons. The molecule has 0 saturated heterocycles. The van der Waals surface area contributed by atoms with Gasteiger partial charge < -0.3 is 9.47 Å². The Balaban J connectivity index is 1.78. The van der Waals surface area contributed by atoms with Gasteiger partial charge in [-0.2, -0.15) is 5.10 Å². The number of halogens is 1. The molecule has 3 aromatic rings. The third kappa shape index (κ3) is 6.97. The molecule has 184 valence electrons. The topological polar surface area (TPSA) is 97.3 Å². The number of anilines is 1. The highest BCUT2D eigenvalue weighted by atomic mass is 35.5. The lowest BCUT2D eigenvalue weighted by atomic mass is 10.2. The first kappa shape index (κ1) is 26.1. The average molecular weight is 516 g/mol. The highest BCUT2D eigenvalue weighted by molar-refractivity contribution is 7.92. The SMILES string of the molecule is CCOc1ccc(C=NNC(=O)CN(c2ccc(Cl)cc2)S(=O)(=O)c2ccccc2)cc1OCC. The fourth-order valence-electron chi connectivity index (χ4n) is 3.13. The molecular formula is C25H26ClN3O5S. The van der Waals surface area contributed by atoms with Gasteiger partial charge in [0.2, 0.25) is 0 Å². The van der Waals surface area contributed by atoms with Crippen LogP contribution in [0.15, 0.2) is 82.8 Å². The van der Waals surface area contributed by atoms with Crippen LogP contribution in [-0.4, -0.2) is 40.3 Å². The quantitative estimate of drug-likeness (QED) is 0.300. The third-order valence-electron chi connectivity index (χ3n) is 4.70. The minimum atomic E-state index is -4.01. The maximum Gasteiger partial charge on any atom is 0.264 e. The van der Waals surface area contributed by atoms with E-state index in [0.717, 1.165) is 4.31 Å². The van der Waals surface area contributed by atoms with Crippen LogP contribution in [0.3, 0.4) is 0 Å². The number of benzene rings is 3. The lowest BCUT2D eigenvalue weighted by molar-refractivity contribution is -0.119. The highest BCUT2D eigenvalue weighted by Crippen LogP contribution is 2.28. The predicted molar refractivity (Wildman–Crippen MR) is 137 cm³/mol. The van der Waals surface area contributed by atoms with Crippen molar-refractivity contribution in [1.29, 1.82) is 0 Å². The number of carbonyl (C=O) groups is 1. The lowest BCUT2D eigenvalue weighted by Gasteiger charge is -2.23. The number of ether oxygens (including phenoxy) is 2. The second-order valence-electron chi connectivity index (χ2n) is 7.17. The van der Waals surface area contributed by atoms with Crippen LogP contribution >= 0.6 is 11.6 Å². The number of hydrazone groups is 1. The van der Waals surface area contributed by atoms with Crippen molar-refractivity contribution in [3.63, 3.8) is 0 Å². The van der Waals surface area contributed by atoms with Crippen LogP contribution in [0.5, 0.6) is 11.5 Å². The second-order valence-corrected chi connectivity index (χ2v) is 9.47. The molecule has 0 fully saturated rings. The summed E-state index contributed by atoms with van der Waals surface area (Å²) < 4.78 is 38.7. The fourth-order valence-corrected chi connectivity index (χ4v) is 4.70. The van der Waals surface area contributed by atoms with E-state index in [1.54, 1.807) is 48.5 Å². The molecule has 0 atom stereocenters. The molecule has 1 amide bonds. The van der Waals surface area contributed by atoms with Crippen molar-refractivity contribution >= 4 is 39.4 Å². The van der Waals surface area contributed by atoms with E-state index >= 15 is 0 Å². The average Bonchev–Trinajstić information content (AvgIpc) is 2.85. The summed E-state index contributed by atoms with van der Waals surface area (Å²) in [6.07, 6.45) is 1.44. The van der Waals surface area contributed by atoms with Gasteiger partial charge in [-0.3, -0.25) is 9.10 Å². The van der Waals surface area contributed by atoms with Gasteiger partial charge in [-0.05, 0) is 74.0 Å². The van der Waals surface area contributed by atoms with Crippen LogP contribution < -0.4 is 19.2 Å². The molecule has 0 aliphatic carbocycles. The number of hydrogen-bond donors (Lipinski definition) is 1. The Morgan fingerprint density at radius 2 is 1.63 bits per heavy atom. The molecule has 0 aliphatic rings. The van der Waals surface area contributed by atoms with Gasteiger partial charge in [-0.15, -0.1) is 0 Å². The van der Waals surface area contributed by atoms with Crippen LogP contribution in [0.4, 0.5) is 5.69 Å². The lowest BCUT2D eigenvalue weighted by Crippen LogP contribution is -2.39. The summed E-state index contributed by atoms with van der Waals surface area (Å²) in [7, 11) is -4.01. The number of carbonyl (C=O) groups excluding carboxylic acids is 1. The molecule has 0 aromatic heterocycles. The van der Waals surface area contributed by atoms with E-state index in [9.17, 15) is 13.2 Å².